The largest absolute Gasteiger partial charge is 0.321 e. The van der Waals surface area contributed by atoms with Gasteiger partial charge in [-0.2, -0.15) is 15.0 Å². The molecule has 28 heavy (non-hydrogen) atoms. The monoisotopic (exact) mass is 386 g/mol. The summed E-state index contributed by atoms with van der Waals surface area (Å²) in [6.45, 7) is 4.54. The van der Waals surface area contributed by atoms with Gasteiger partial charge in [-0.15, -0.1) is 0 Å². The highest BCUT2D eigenvalue weighted by atomic mass is 19.1. The van der Waals surface area contributed by atoms with E-state index in [4.69, 9.17) is 0 Å². The van der Waals surface area contributed by atoms with Crippen molar-refractivity contribution in [3.05, 3.63) is 53.1 Å². The van der Waals surface area contributed by atoms with E-state index in [2.05, 4.69) is 22.4 Å². The van der Waals surface area contributed by atoms with Crippen LogP contribution >= 0.6 is 0 Å². The van der Waals surface area contributed by atoms with Crippen LogP contribution in [0.25, 0.3) is 11.0 Å². The molecule has 0 fully saturated rings. The molecule has 7 heteroatoms. The van der Waals surface area contributed by atoms with Crippen LogP contribution in [0.3, 0.4) is 0 Å². The first-order valence-corrected chi connectivity index (χ1v) is 9.56. The van der Waals surface area contributed by atoms with Gasteiger partial charge in [-0.05, 0) is 24.5 Å². The number of unbranched alkanes of at least 4 members (excludes halogenated alkanes) is 3. The molecule has 1 heterocycles. The number of rotatable bonds is 8. The smallest absolute Gasteiger partial charge is 0.228 e. The van der Waals surface area contributed by atoms with E-state index in [1.54, 1.807) is 0 Å². The van der Waals surface area contributed by atoms with Crippen molar-refractivity contribution in [3.63, 3.8) is 0 Å². The van der Waals surface area contributed by atoms with Crippen LogP contribution in [0.1, 0.15) is 43.7 Å². The number of anilines is 1. The van der Waals surface area contributed by atoms with Gasteiger partial charge in [0.05, 0.1) is 13.0 Å². The maximum absolute atomic E-state index is 14.4. The molecule has 1 amide bonds. The fraction of sp³-hybridized carbons (Fsp3) is 0.381. The summed E-state index contributed by atoms with van der Waals surface area (Å²) in [5.74, 6) is -2.04. The number of aryl methyl sites for hydroxylation is 2. The molecular formula is C21H24F2N4O. The maximum atomic E-state index is 14.4. The zero-order chi connectivity index (χ0) is 20.1. The van der Waals surface area contributed by atoms with E-state index in [-0.39, 0.29) is 23.1 Å². The van der Waals surface area contributed by atoms with Crippen molar-refractivity contribution in [2.75, 3.05) is 5.32 Å². The van der Waals surface area contributed by atoms with Crippen molar-refractivity contribution >= 4 is 22.6 Å². The minimum atomic E-state index is -0.860. The topological polar surface area (TPSA) is 59.8 Å². The zero-order valence-corrected chi connectivity index (χ0v) is 16.1. The van der Waals surface area contributed by atoms with Gasteiger partial charge in [-0.1, -0.05) is 50.5 Å². The Labute approximate surface area is 162 Å². The second kappa shape index (κ2) is 8.91. The molecule has 0 atom stereocenters. The number of aromatic nitrogens is 3. The third kappa shape index (κ3) is 4.52. The predicted molar refractivity (Wildman–Crippen MR) is 105 cm³/mol. The first kappa shape index (κ1) is 19.9. The number of amides is 1. The molecule has 3 aromatic rings. The second-order valence-corrected chi connectivity index (χ2v) is 6.92. The molecule has 2 aromatic carbocycles. The molecular weight excluding hydrogens is 362 g/mol. The van der Waals surface area contributed by atoms with Crippen LogP contribution in [0.2, 0.25) is 0 Å². The molecule has 0 aliphatic carbocycles. The summed E-state index contributed by atoms with van der Waals surface area (Å²) >= 11 is 0. The Balaban J connectivity index is 1.82. The Kier molecular flexibility index (Phi) is 6.34. The van der Waals surface area contributed by atoms with Crippen LogP contribution < -0.4 is 5.32 Å². The van der Waals surface area contributed by atoms with Gasteiger partial charge in [0, 0.05) is 6.07 Å². The van der Waals surface area contributed by atoms with Gasteiger partial charge in [0.1, 0.15) is 11.2 Å². The highest BCUT2D eigenvalue weighted by Gasteiger charge is 2.19. The molecule has 3 rings (SSSR count). The van der Waals surface area contributed by atoms with E-state index >= 15 is 0 Å². The molecule has 0 radical (unpaired) electrons. The number of hydrogen-bond donors (Lipinski definition) is 1. The maximum Gasteiger partial charge on any atom is 0.228 e. The number of halogens is 2. The molecule has 0 spiro atoms. The molecule has 1 aromatic heterocycles. The molecule has 0 saturated heterocycles. The van der Waals surface area contributed by atoms with Crippen molar-refractivity contribution in [1.82, 2.24) is 15.0 Å². The number of benzene rings is 2. The lowest BCUT2D eigenvalue weighted by Gasteiger charge is -2.08. The summed E-state index contributed by atoms with van der Waals surface area (Å²) in [6, 6.07) is 8.22. The Morgan fingerprint density at radius 3 is 2.57 bits per heavy atom. The Morgan fingerprint density at radius 1 is 1.07 bits per heavy atom. The lowest BCUT2D eigenvalue weighted by molar-refractivity contribution is -0.115. The normalized spacial score (nSPS) is 11.1. The SMILES string of the molecule is CCCCCCn1nc2c(F)cc(F)c(NC(=O)Cc3ccccc3C)c2n1. The number of hydrogen-bond acceptors (Lipinski definition) is 3. The molecule has 148 valence electrons. The summed E-state index contributed by atoms with van der Waals surface area (Å²) in [4.78, 5) is 13.8. The lowest BCUT2D eigenvalue weighted by atomic mass is 10.1. The van der Waals surface area contributed by atoms with Crippen molar-refractivity contribution in [2.24, 2.45) is 0 Å². The summed E-state index contributed by atoms with van der Waals surface area (Å²) in [5.41, 5.74) is 1.68. The number of fused-ring (bicyclic) bond motifs is 1. The fourth-order valence-corrected chi connectivity index (χ4v) is 3.11. The van der Waals surface area contributed by atoms with E-state index in [0.29, 0.717) is 6.54 Å². The van der Waals surface area contributed by atoms with Gasteiger partial charge in [-0.3, -0.25) is 4.79 Å². The van der Waals surface area contributed by atoms with Crippen LogP contribution in [-0.4, -0.2) is 20.9 Å². The van der Waals surface area contributed by atoms with Gasteiger partial charge >= 0.3 is 0 Å². The second-order valence-electron chi connectivity index (χ2n) is 6.92. The standard InChI is InChI=1S/C21H24F2N4O/c1-3-4-5-8-11-27-25-20-17(23)13-16(22)19(21(20)26-27)24-18(28)12-15-10-7-6-9-14(15)2/h6-7,9-10,13H,3-5,8,11-12H2,1-2H3,(H,24,28). The quantitative estimate of drug-likeness (QED) is 0.567. The highest BCUT2D eigenvalue weighted by Crippen LogP contribution is 2.27. The third-order valence-corrected chi connectivity index (χ3v) is 4.70. The summed E-state index contributed by atoms with van der Waals surface area (Å²) < 4.78 is 28.5. The molecule has 0 aliphatic heterocycles. The summed E-state index contributed by atoms with van der Waals surface area (Å²) in [6.07, 6.45) is 4.17. The Hall–Kier alpha value is -2.83. The number of nitrogens with zero attached hydrogens (tertiary/aromatic N) is 3. The average molecular weight is 386 g/mol. The first-order chi connectivity index (χ1) is 13.5. The van der Waals surface area contributed by atoms with Crippen molar-refractivity contribution < 1.29 is 13.6 Å². The van der Waals surface area contributed by atoms with E-state index in [1.165, 1.54) is 4.80 Å². The average Bonchev–Trinajstić information content (AvgIpc) is 3.09. The summed E-state index contributed by atoms with van der Waals surface area (Å²) in [5, 5.41) is 10.9. The fourth-order valence-electron chi connectivity index (χ4n) is 3.11. The van der Waals surface area contributed by atoms with Crippen molar-refractivity contribution in [2.45, 2.75) is 52.5 Å². The third-order valence-electron chi connectivity index (χ3n) is 4.70. The van der Waals surface area contributed by atoms with Crippen LogP contribution in [-0.2, 0) is 17.8 Å². The Morgan fingerprint density at radius 2 is 1.82 bits per heavy atom. The number of carbonyl (C=O) groups excluding carboxylic acids is 1. The van der Waals surface area contributed by atoms with Crippen molar-refractivity contribution in [3.8, 4) is 0 Å². The van der Waals surface area contributed by atoms with Crippen molar-refractivity contribution in [1.29, 1.82) is 0 Å². The number of nitrogens with one attached hydrogen (secondary N) is 1. The predicted octanol–water partition coefficient (Wildman–Crippen LogP) is 4.78. The van der Waals surface area contributed by atoms with E-state index in [9.17, 15) is 13.6 Å². The van der Waals surface area contributed by atoms with Gasteiger partial charge in [-0.25, -0.2) is 8.78 Å². The molecule has 5 nitrogen and oxygen atoms in total. The molecule has 0 bridgehead atoms. The minimum Gasteiger partial charge on any atom is -0.321 e. The molecule has 0 unspecified atom stereocenters. The summed E-state index contributed by atoms with van der Waals surface area (Å²) in [7, 11) is 0. The van der Waals surface area contributed by atoms with Gasteiger partial charge in [0.25, 0.3) is 0 Å². The van der Waals surface area contributed by atoms with Gasteiger partial charge in [0.15, 0.2) is 17.2 Å². The van der Waals surface area contributed by atoms with Gasteiger partial charge < -0.3 is 5.32 Å². The molecule has 0 saturated carbocycles. The van der Waals surface area contributed by atoms with Gasteiger partial charge in [0.2, 0.25) is 5.91 Å². The van der Waals surface area contributed by atoms with E-state index in [1.807, 2.05) is 31.2 Å². The minimum absolute atomic E-state index is 0.0334. The number of carbonyl (C=O) groups is 1. The Bertz CT molecular complexity index is 984. The van der Waals surface area contributed by atoms with E-state index in [0.717, 1.165) is 42.9 Å². The van der Waals surface area contributed by atoms with Crippen LogP contribution in [0.5, 0.6) is 0 Å². The van der Waals surface area contributed by atoms with Crippen LogP contribution in [0.15, 0.2) is 30.3 Å². The molecule has 0 aliphatic rings. The van der Waals surface area contributed by atoms with E-state index < -0.39 is 17.5 Å². The first-order valence-electron chi connectivity index (χ1n) is 9.56. The lowest BCUT2D eigenvalue weighted by Crippen LogP contribution is -2.16. The zero-order valence-electron chi connectivity index (χ0n) is 16.1. The highest BCUT2D eigenvalue weighted by molar-refractivity contribution is 6.00. The van der Waals surface area contributed by atoms with Crippen LogP contribution in [0.4, 0.5) is 14.5 Å². The van der Waals surface area contributed by atoms with Crippen LogP contribution in [0, 0.1) is 18.6 Å². The molecule has 1 N–H and O–H groups in total.